The van der Waals surface area contributed by atoms with E-state index in [0.29, 0.717) is 15.5 Å². The molecule has 9 nitrogen and oxygen atoms in total. The van der Waals surface area contributed by atoms with Crippen molar-refractivity contribution in [3.8, 4) is 11.5 Å². The molecule has 2 N–H and O–H groups in total. The molecule has 17 heteroatoms. The minimum atomic E-state index is -4.71. The molecule has 0 saturated carbocycles. The summed E-state index contributed by atoms with van der Waals surface area (Å²) < 4.78 is 90.5. The van der Waals surface area contributed by atoms with Crippen molar-refractivity contribution in [1.82, 2.24) is 4.98 Å². The van der Waals surface area contributed by atoms with Crippen LogP contribution in [0.25, 0.3) is 0 Å². The quantitative estimate of drug-likeness (QED) is 0.171. The van der Waals surface area contributed by atoms with E-state index in [0.717, 1.165) is 64.4 Å². The molecule has 0 spiro atoms. The van der Waals surface area contributed by atoms with Crippen LogP contribution in [0.2, 0.25) is 0 Å². The maximum atomic E-state index is 13.9. The average Bonchev–Trinajstić information content (AvgIpc) is 3.53. The first-order valence-corrected chi connectivity index (χ1v) is 15.6. The van der Waals surface area contributed by atoms with Gasteiger partial charge in [-0.05, 0) is 54.1 Å². The first-order valence-electron chi connectivity index (χ1n) is 13.9. The van der Waals surface area contributed by atoms with Gasteiger partial charge in [-0.25, -0.2) is 4.90 Å². The molecule has 6 rings (SSSR count). The molecule has 2 aliphatic rings. The molecule has 3 atom stereocenters. The van der Waals surface area contributed by atoms with Crippen LogP contribution < -0.4 is 24.6 Å². The lowest BCUT2D eigenvalue weighted by molar-refractivity contribution is -0.138. The molecule has 3 amide bonds. The van der Waals surface area contributed by atoms with Gasteiger partial charge >= 0.3 is 17.2 Å². The summed E-state index contributed by atoms with van der Waals surface area (Å²) in [5, 5.41) is 1.60. The molecule has 3 aromatic carbocycles. The van der Waals surface area contributed by atoms with Gasteiger partial charge in [0.25, 0.3) is 5.91 Å². The molecule has 4 aromatic rings. The molecule has 0 unspecified atom stereocenters. The predicted octanol–water partition coefficient (Wildman–Crippen LogP) is 6.30. The van der Waals surface area contributed by atoms with Crippen LogP contribution in [0.5, 0.6) is 11.5 Å². The molecule has 1 saturated heterocycles. The molecule has 250 valence electrons. The third-order valence-corrected chi connectivity index (χ3v) is 10.0. The number of ether oxygens (including phenoxy) is 2. The summed E-state index contributed by atoms with van der Waals surface area (Å²) in [4.78, 5) is 55.8. The van der Waals surface area contributed by atoms with Crippen LogP contribution in [0.4, 0.5) is 37.7 Å². The number of thiazole rings is 1. The fraction of sp³-hybridized carbons (Fsp3) is 0.226. The highest BCUT2D eigenvalue weighted by molar-refractivity contribution is 8.00. The van der Waals surface area contributed by atoms with Crippen molar-refractivity contribution in [3.63, 3.8) is 0 Å². The number of methoxy groups -OCH3 is 1. The van der Waals surface area contributed by atoms with Gasteiger partial charge in [0.15, 0.2) is 18.1 Å². The Hall–Kier alpha value is -4.77. The zero-order valence-corrected chi connectivity index (χ0v) is 25.9. The molecule has 2 aliphatic heterocycles. The number of H-pyrrole nitrogens is 1. The van der Waals surface area contributed by atoms with Gasteiger partial charge in [-0.15, -0.1) is 0 Å². The maximum absolute atomic E-state index is 13.9. The Morgan fingerprint density at radius 2 is 1.58 bits per heavy atom. The number of nitrogens with zero attached hydrogens (tertiary/aromatic N) is 1. The summed E-state index contributed by atoms with van der Waals surface area (Å²) in [6.45, 7) is -0.612. The van der Waals surface area contributed by atoms with Gasteiger partial charge in [0.1, 0.15) is 5.25 Å². The number of nitrogens with one attached hydrogen (secondary N) is 2. The van der Waals surface area contributed by atoms with E-state index in [1.165, 1.54) is 37.4 Å². The van der Waals surface area contributed by atoms with Gasteiger partial charge in [-0.1, -0.05) is 41.3 Å². The third kappa shape index (κ3) is 6.26. The summed E-state index contributed by atoms with van der Waals surface area (Å²) in [6, 6.07) is 12.4. The Balaban J connectivity index is 1.27. The second-order valence-corrected chi connectivity index (χ2v) is 12.8. The van der Waals surface area contributed by atoms with Crippen molar-refractivity contribution >= 4 is 52.2 Å². The summed E-state index contributed by atoms with van der Waals surface area (Å²) >= 11 is 1.78. The molecular formula is C31H21F6N3O6S2. The van der Waals surface area contributed by atoms with Gasteiger partial charge in [0, 0.05) is 16.5 Å². The number of imide groups is 1. The van der Waals surface area contributed by atoms with E-state index in [4.69, 9.17) is 9.47 Å². The highest BCUT2D eigenvalue weighted by atomic mass is 32.2. The zero-order chi connectivity index (χ0) is 34.5. The molecule has 48 heavy (non-hydrogen) atoms. The third-order valence-electron chi connectivity index (χ3n) is 7.63. The number of carbonyl (C=O) groups excluding carboxylic acids is 3. The van der Waals surface area contributed by atoms with Gasteiger partial charge in [0.2, 0.25) is 11.8 Å². The van der Waals surface area contributed by atoms with E-state index in [2.05, 4.69) is 10.3 Å². The molecule has 3 heterocycles. The molecule has 1 fully saturated rings. The highest BCUT2D eigenvalue weighted by Crippen LogP contribution is 2.54. The number of amides is 3. The monoisotopic (exact) mass is 709 g/mol. The van der Waals surface area contributed by atoms with Gasteiger partial charge in [0.05, 0.1) is 34.9 Å². The average molecular weight is 710 g/mol. The van der Waals surface area contributed by atoms with Crippen molar-refractivity contribution in [2.24, 2.45) is 5.92 Å². The lowest BCUT2D eigenvalue weighted by Gasteiger charge is -2.30. The number of benzene rings is 3. The van der Waals surface area contributed by atoms with Crippen LogP contribution in [0, 0.1) is 5.92 Å². The number of fused-ring (bicyclic) bond motifs is 2. The Morgan fingerprint density at radius 1 is 0.896 bits per heavy atom. The molecular weight excluding hydrogens is 688 g/mol. The first-order chi connectivity index (χ1) is 22.7. The normalized spacial score (nSPS) is 19.1. The number of rotatable bonds is 7. The van der Waals surface area contributed by atoms with E-state index in [1.54, 1.807) is 0 Å². The number of thioether (sulfide) groups is 1. The fourth-order valence-corrected chi connectivity index (χ4v) is 8.08. The highest BCUT2D eigenvalue weighted by Gasteiger charge is 2.56. The molecule has 0 radical (unpaired) electrons. The number of aromatic amines is 1. The topological polar surface area (TPSA) is 118 Å². The minimum Gasteiger partial charge on any atom is -0.493 e. The van der Waals surface area contributed by atoms with E-state index >= 15 is 0 Å². The van der Waals surface area contributed by atoms with Gasteiger partial charge < -0.3 is 19.8 Å². The van der Waals surface area contributed by atoms with Gasteiger partial charge in [-0.3, -0.25) is 19.2 Å². The lowest BCUT2D eigenvalue weighted by Crippen LogP contribution is -2.32. The predicted molar refractivity (Wildman–Crippen MR) is 162 cm³/mol. The number of anilines is 2. The summed E-state index contributed by atoms with van der Waals surface area (Å²) in [5.74, 6) is -4.11. The van der Waals surface area contributed by atoms with Crippen LogP contribution in [0.3, 0.4) is 0 Å². The van der Waals surface area contributed by atoms with Crippen molar-refractivity contribution in [3.05, 3.63) is 98.0 Å². The zero-order valence-electron chi connectivity index (χ0n) is 24.3. The largest absolute Gasteiger partial charge is 0.493 e. The van der Waals surface area contributed by atoms with E-state index < -0.39 is 69.8 Å². The summed E-state index contributed by atoms with van der Waals surface area (Å²) in [7, 11) is 1.30. The second-order valence-electron chi connectivity index (χ2n) is 10.6. The first kappa shape index (κ1) is 33.1. The van der Waals surface area contributed by atoms with Crippen LogP contribution >= 0.6 is 23.1 Å². The number of hydrogen-bond acceptors (Lipinski definition) is 8. The summed E-state index contributed by atoms with van der Waals surface area (Å²) in [5.41, 5.74) is -1.91. The van der Waals surface area contributed by atoms with Crippen molar-refractivity contribution in [1.29, 1.82) is 0 Å². The van der Waals surface area contributed by atoms with Crippen LogP contribution in [-0.2, 0) is 26.7 Å². The molecule has 0 aliphatic carbocycles. The Bertz CT molecular complexity index is 1990. The Labute approximate surface area is 274 Å². The van der Waals surface area contributed by atoms with Crippen molar-refractivity contribution < 1.29 is 50.2 Å². The Morgan fingerprint density at radius 3 is 2.27 bits per heavy atom. The number of alkyl halides is 6. The number of hydrogen-bond donors (Lipinski definition) is 2. The maximum Gasteiger partial charge on any atom is 0.416 e. The molecule has 0 bridgehead atoms. The van der Waals surface area contributed by atoms with Gasteiger partial charge in [-0.2, -0.15) is 26.3 Å². The smallest absolute Gasteiger partial charge is 0.416 e. The number of halogens is 6. The van der Waals surface area contributed by atoms with Crippen molar-refractivity contribution in [2.75, 3.05) is 23.9 Å². The van der Waals surface area contributed by atoms with Crippen LogP contribution in [-0.4, -0.2) is 41.7 Å². The van der Waals surface area contributed by atoms with E-state index in [-0.39, 0.29) is 22.9 Å². The fourth-order valence-electron chi connectivity index (χ4n) is 5.56. The second kappa shape index (κ2) is 12.4. The SMILES string of the molecule is COc1cc([C@@H]2c3sc(=O)[nH]c3S[C@H]3C(=O)N(c4cccc(C(F)(F)F)c4)C(=O)[C@@H]23)ccc1OCC(=O)Nc1cccc(C(F)(F)F)c1. The van der Waals surface area contributed by atoms with E-state index in [1.807, 2.05) is 0 Å². The van der Waals surface area contributed by atoms with Crippen molar-refractivity contribution in [2.45, 2.75) is 28.5 Å². The molecule has 1 aromatic heterocycles. The summed E-state index contributed by atoms with van der Waals surface area (Å²) in [6.07, 6.45) is -9.32. The number of aromatic nitrogens is 1. The number of carbonyl (C=O) groups is 3. The van der Waals surface area contributed by atoms with Crippen LogP contribution in [0.15, 0.2) is 76.6 Å². The lowest BCUT2D eigenvalue weighted by atomic mass is 9.83. The minimum absolute atomic E-state index is 0.0593. The Kier molecular flexibility index (Phi) is 8.53. The van der Waals surface area contributed by atoms with Crippen LogP contribution in [0.1, 0.15) is 27.5 Å². The standard InChI is InChI=1S/C31H21F6N3O6S2/c1-45-20-10-14(8-9-19(20)46-13-21(41)38-17-6-2-4-15(11-17)30(32,33)34)22-23-25(47-26-24(22)48-29(44)39-26)28(43)40(27(23)42)18-7-3-5-16(12-18)31(35,36)37/h2-12,22-23,25H,13H2,1H3,(H,38,41)(H,39,44)/t22-,23-,25+/m0/s1. The van der Waals surface area contributed by atoms with E-state index in [9.17, 15) is 45.5 Å².